The average Bonchev–Trinajstić information content (AvgIpc) is 3.08. The number of H-pyrrole nitrogens is 1. The Hall–Kier alpha value is -3.21. The molecule has 22 heavy (non-hydrogen) atoms. The van der Waals surface area contributed by atoms with Gasteiger partial charge in [0.05, 0.1) is 5.69 Å². The quantitative estimate of drug-likeness (QED) is 0.390. The number of hydrogen-bond acceptors (Lipinski definition) is 4. The molecule has 0 bridgehead atoms. The van der Waals surface area contributed by atoms with Gasteiger partial charge in [0.1, 0.15) is 11.3 Å². The van der Waals surface area contributed by atoms with Crippen molar-refractivity contribution in [3.63, 3.8) is 0 Å². The van der Waals surface area contributed by atoms with E-state index in [9.17, 15) is 9.90 Å². The number of aromatic hydroxyl groups is 1. The van der Waals surface area contributed by atoms with E-state index in [1.807, 2.05) is 6.07 Å². The Morgan fingerprint density at radius 1 is 1.05 bits per heavy atom. The zero-order chi connectivity index (χ0) is 15.3. The third kappa shape index (κ3) is 1.91. The summed E-state index contributed by atoms with van der Waals surface area (Å²) in [5, 5.41) is 11.0. The Kier molecular flexibility index (Phi) is 2.50. The van der Waals surface area contributed by atoms with Crippen molar-refractivity contribution in [1.82, 2.24) is 4.98 Å². The Morgan fingerprint density at radius 3 is 2.77 bits per heavy atom. The summed E-state index contributed by atoms with van der Waals surface area (Å²) in [7, 11) is 0. The van der Waals surface area contributed by atoms with Crippen molar-refractivity contribution in [2.75, 3.05) is 5.73 Å². The minimum absolute atomic E-state index is 0.133. The first-order valence-corrected chi connectivity index (χ1v) is 6.76. The summed E-state index contributed by atoms with van der Waals surface area (Å²) in [5.41, 5.74) is 8.22. The first-order valence-electron chi connectivity index (χ1n) is 6.76. The highest BCUT2D eigenvalue weighted by Crippen LogP contribution is 2.26. The van der Waals surface area contributed by atoms with Gasteiger partial charge in [0.2, 0.25) is 5.78 Å². The summed E-state index contributed by atoms with van der Waals surface area (Å²) in [6.45, 7) is 0. The lowest BCUT2D eigenvalue weighted by molar-refractivity contribution is 0.101. The van der Waals surface area contributed by atoms with Gasteiger partial charge in [0.15, 0.2) is 5.76 Å². The van der Waals surface area contributed by atoms with E-state index in [0.29, 0.717) is 22.4 Å². The van der Waals surface area contributed by atoms with Crippen LogP contribution in [0.15, 0.2) is 52.9 Å². The van der Waals surface area contributed by atoms with Crippen LogP contribution in [0.2, 0.25) is 0 Å². The number of nitrogen functional groups attached to an aromatic ring is 1. The van der Waals surface area contributed by atoms with E-state index in [4.69, 9.17) is 10.2 Å². The standard InChI is InChI=1S/C17H12N2O3/c18-11-1-3-13-9(5-11)7-14(19-13)17(21)16-8-10-6-12(20)2-4-15(10)22-16/h1-8,19-20H,18H2. The second kappa shape index (κ2) is 4.39. The number of fused-ring (bicyclic) bond motifs is 2. The second-order valence-electron chi connectivity index (χ2n) is 5.19. The lowest BCUT2D eigenvalue weighted by atomic mass is 10.2. The maximum atomic E-state index is 12.5. The highest BCUT2D eigenvalue weighted by Gasteiger charge is 2.17. The molecular weight excluding hydrogens is 280 g/mol. The molecule has 4 rings (SSSR count). The van der Waals surface area contributed by atoms with Gasteiger partial charge in [-0.25, -0.2) is 0 Å². The van der Waals surface area contributed by atoms with Gasteiger partial charge in [-0.1, -0.05) is 0 Å². The summed E-state index contributed by atoms with van der Waals surface area (Å²) < 4.78 is 5.55. The predicted octanol–water partition coefficient (Wildman–Crippen LogP) is 3.43. The topological polar surface area (TPSA) is 92.2 Å². The molecule has 0 saturated carbocycles. The van der Waals surface area contributed by atoms with E-state index < -0.39 is 0 Å². The molecule has 0 aliphatic rings. The molecule has 0 spiro atoms. The fraction of sp³-hybridized carbons (Fsp3) is 0. The van der Waals surface area contributed by atoms with Crippen LogP contribution in [0, 0.1) is 0 Å². The third-order valence-corrected chi connectivity index (χ3v) is 3.61. The van der Waals surface area contributed by atoms with Crippen LogP contribution >= 0.6 is 0 Å². The van der Waals surface area contributed by atoms with Crippen LogP contribution in [0.5, 0.6) is 5.75 Å². The Labute approximate surface area is 125 Å². The number of nitrogens with one attached hydrogen (secondary N) is 1. The molecule has 4 aromatic rings. The number of anilines is 1. The largest absolute Gasteiger partial charge is 0.508 e. The Balaban J connectivity index is 1.80. The summed E-state index contributed by atoms with van der Waals surface area (Å²) in [6.07, 6.45) is 0. The smallest absolute Gasteiger partial charge is 0.244 e. The van der Waals surface area contributed by atoms with Gasteiger partial charge < -0.3 is 20.2 Å². The van der Waals surface area contributed by atoms with Gasteiger partial charge >= 0.3 is 0 Å². The summed E-state index contributed by atoms with van der Waals surface area (Å²) in [4.78, 5) is 15.6. The monoisotopic (exact) mass is 292 g/mol. The van der Waals surface area contributed by atoms with E-state index in [0.717, 1.165) is 10.9 Å². The normalized spacial score (nSPS) is 11.3. The van der Waals surface area contributed by atoms with Crippen molar-refractivity contribution in [2.24, 2.45) is 0 Å². The first-order chi connectivity index (χ1) is 10.6. The fourth-order valence-corrected chi connectivity index (χ4v) is 2.55. The molecule has 2 heterocycles. The molecule has 5 heteroatoms. The van der Waals surface area contributed by atoms with Gasteiger partial charge in [-0.05, 0) is 48.5 Å². The van der Waals surface area contributed by atoms with Crippen LogP contribution in [-0.4, -0.2) is 15.9 Å². The molecule has 0 fully saturated rings. The number of phenolic OH excluding ortho intramolecular Hbond substituents is 1. The number of carbonyl (C=O) groups is 1. The highest BCUT2D eigenvalue weighted by atomic mass is 16.3. The molecule has 0 atom stereocenters. The number of nitrogens with two attached hydrogens (primary N) is 1. The third-order valence-electron chi connectivity index (χ3n) is 3.61. The summed E-state index contributed by atoms with van der Waals surface area (Å²) in [5.74, 6) is 0.110. The minimum Gasteiger partial charge on any atom is -0.508 e. The molecule has 0 unspecified atom stereocenters. The van der Waals surface area contributed by atoms with Crippen molar-refractivity contribution in [2.45, 2.75) is 0 Å². The number of benzene rings is 2. The molecule has 0 aliphatic heterocycles. The molecular formula is C17H12N2O3. The lowest BCUT2D eigenvalue weighted by Gasteiger charge is -1.92. The Bertz CT molecular complexity index is 945. The first kappa shape index (κ1) is 12.5. The van der Waals surface area contributed by atoms with E-state index in [1.165, 1.54) is 6.07 Å². The maximum absolute atomic E-state index is 12.5. The van der Waals surface area contributed by atoms with E-state index in [2.05, 4.69) is 4.98 Å². The number of phenols is 1. The number of aromatic nitrogens is 1. The molecule has 0 saturated heterocycles. The molecule has 0 aliphatic carbocycles. The van der Waals surface area contributed by atoms with Crippen molar-refractivity contribution >= 4 is 33.3 Å². The van der Waals surface area contributed by atoms with Crippen molar-refractivity contribution < 1.29 is 14.3 Å². The maximum Gasteiger partial charge on any atom is 0.244 e. The predicted molar refractivity (Wildman–Crippen MR) is 84.0 cm³/mol. The number of carbonyl (C=O) groups excluding carboxylic acids is 1. The average molecular weight is 292 g/mol. The van der Waals surface area contributed by atoms with Gasteiger partial charge in [0, 0.05) is 22.0 Å². The molecule has 4 N–H and O–H groups in total. The zero-order valence-electron chi connectivity index (χ0n) is 11.5. The van der Waals surface area contributed by atoms with Crippen LogP contribution in [0.1, 0.15) is 16.2 Å². The number of furan rings is 1. The SMILES string of the molecule is Nc1ccc2[nH]c(C(=O)c3cc4cc(O)ccc4o3)cc2c1. The van der Waals surface area contributed by atoms with Crippen LogP contribution in [-0.2, 0) is 0 Å². The Morgan fingerprint density at radius 2 is 1.91 bits per heavy atom. The van der Waals surface area contributed by atoms with Crippen molar-refractivity contribution in [1.29, 1.82) is 0 Å². The highest BCUT2D eigenvalue weighted by molar-refractivity contribution is 6.10. The van der Waals surface area contributed by atoms with Gasteiger partial charge in [-0.2, -0.15) is 0 Å². The van der Waals surface area contributed by atoms with E-state index in [1.54, 1.807) is 36.4 Å². The molecule has 108 valence electrons. The number of ketones is 1. The second-order valence-corrected chi connectivity index (χ2v) is 5.19. The minimum atomic E-state index is -0.245. The number of rotatable bonds is 2. The molecule has 0 radical (unpaired) electrons. The van der Waals surface area contributed by atoms with E-state index >= 15 is 0 Å². The number of hydrogen-bond donors (Lipinski definition) is 3. The molecule has 0 amide bonds. The zero-order valence-corrected chi connectivity index (χ0v) is 11.5. The van der Waals surface area contributed by atoms with Gasteiger partial charge in [-0.3, -0.25) is 4.79 Å². The fourth-order valence-electron chi connectivity index (χ4n) is 2.55. The van der Waals surface area contributed by atoms with Crippen LogP contribution in [0.25, 0.3) is 21.9 Å². The van der Waals surface area contributed by atoms with E-state index in [-0.39, 0.29) is 17.3 Å². The number of aromatic amines is 1. The summed E-state index contributed by atoms with van der Waals surface area (Å²) >= 11 is 0. The van der Waals surface area contributed by atoms with Crippen molar-refractivity contribution in [3.8, 4) is 5.75 Å². The van der Waals surface area contributed by atoms with Crippen LogP contribution in [0.3, 0.4) is 0 Å². The van der Waals surface area contributed by atoms with Gasteiger partial charge in [0.25, 0.3) is 0 Å². The molecule has 5 nitrogen and oxygen atoms in total. The van der Waals surface area contributed by atoms with Gasteiger partial charge in [-0.15, -0.1) is 0 Å². The molecule has 2 aromatic heterocycles. The molecule has 2 aromatic carbocycles. The summed E-state index contributed by atoms with van der Waals surface area (Å²) in [6, 6.07) is 13.5. The lowest BCUT2D eigenvalue weighted by Crippen LogP contribution is -1.99. The van der Waals surface area contributed by atoms with Crippen LogP contribution in [0.4, 0.5) is 5.69 Å². The van der Waals surface area contributed by atoms with Crippen molar-refractivity contribution in [3.05, 3.63) is 60.0 Å². The van der Waals surface area contributed by atoms with Crippen LogP contribution < -0.4 is 5.73 Å².